The van der Waals surface area contributed by atoms with Crippen molar-refractivity contribution in [3.8, 4) is 0 Å². The maximum absolute atomic E-state index is 12.3. The summed E-state index contributed by atoms with van der Waals surface area (Å²) in [5, 5.41) is 1.99. The molecule has 0 aromatic heterocycles. The smallest absolute Gasteiger partial charge is 0.292 e. The SMILES string of the molecule is CN(C)NS(=O)(=O)N1CCN(C(=O)/C=C/c2cc[c]c(Cl)c2Cl)CC1. The molecule has 0 bridgehead atoms. The number of rotatable bonds is 5. The summed E-state index contributed by atoms with van der Waals surface area (Å²) in [6, 6.07) is 6.08. The molecule has 10 heteroatoms. The second-order valence-corrected chi connectivity index (χ2v) is 8.01. The minimum absolute atomic E-state index is 0.211. The van der Waals surface area contributed by atoms with Crippen LogP contribution in [-0.2, 0) is 15.0 Å². The second-order valence-electron chi connectivity index (χ2n) is 5.61. The van der Waals surface area contributed by atoms with Crippen LogP contribution >= 0.6 is 23.2 Å². The number of halogens is 2. The van der Waals surface area contributed by atoms with Gasteiger partial charge in [0.2, 0.25) is 5.91 Å². The Balaban J connectivity index is 1.95. The van der Waals surface area contributed by atoms with Crippen molar-refractivity contribution in [1.29, 1.82) is 0 Å². The van der Waals surface area contributed by atoms with E-state index in [0.717, 1.165) is 0 Å². The van der Waals surface area contributed by atoms with E-state index in [9.17, 15) is 13.2 Å². The highest BCUT2D eigenvalue weighted by Gasteiger charge is 2.28. The number of amides is 1. The highest BCUT2D eigenvalue weighted by Crippen LogP contribution is 2.26. The van der Waals surface area contributed by atoms with Gasteiger partial charge in [0, 0.05) is 52.4 Å². The molecule has 0 spiro atoms. The summed E-state index contributed by atoms with van der Waals surface area (Å²) in [6.45, 7) is 1.09. The normalized spacial score (nSPS) is 16.8. The van der Waals surface area contributed by atoms with Crippen molar-refractivity contribution in [3.63, 3.8) is 0 Å². The van der Waals surface area contributed by atoms with Crippen molar-refractivity contribution in [2.75, 3.05) is 40.3 Å². The van der Waals surface area contributed by atoms with Gasteiger partial charge in [0.05, 0.1) is 10.0 Å². The van der Waals surface area contributed by atoms with Gasteiger partial charge in [-0.15, -0.1) is 4.83 Å². The number of carbonyl (C=O) groups is 1. The topological polar surface area (TPSA) is 73.0 Å². The molecule has 1 aliphatic heterocycles. The number of hydrazine groups is 1. The first-order valence-electron chi connectivity index (χ1n) is 7.48. The Bertz CT molecular complexity index is 760. The van der Waals surface area contributed by atoms with Crippen molar-refractivity contribution in [3.05, 3.63) is 39.9 Å². The van der Waals surface area contributed by atoms with Gasteiger partial charge < -0.3 is 4.90 Å². The molecule has 25 heavy (non-hydrogen) atoms. The average Bonchev–Trinajstić information content (AvgIpc) is 2.55. The maximum atomic E-state index is 12.3. The first-order chi connectivity index (χ1) is 11.7. The minimum atomic E-state index is -3.58. The van der Waals surface area contributed by atoms with Crippen LogP contribution in [0.4, 0.5) is 0 Å². The zero-order valence-corrected chi connectivity index (χ0v) is 16.2. The summed E-state index contributed by atoms with van der Waals surface area (Å²) >= 11 is 11.9. The van der Waals surface area contributed by atoms with Crippen molar-refractivity contribution in [2.45, 2.75) is 0 Å². The monoisotopic (exact) mass is 405 g/mol. The lowest BCUT2D eigenvalue weighted by Gasteiger charge is -2.34. The van der Waals surface area contributed by atoms with E-state index in [1.165, 1.54) is 15.4 Å². The molecule has 2 rings (SSSR count). The Hall–Kier alpha value is -1.16. The largest absolute Gasteiger partial charge is 0.337 e. The molecule has 1 saturated heterocycles. The van der Waals surface area contributed by atoms with Gasteiger partial charge in [0.1, 0.15) is 0 Å². The van der Waals surface area contributed by atoms with Crippen LogP contribution in [0.1, 0.15) is 5.56 Å². The van der Waals surface area contributed by atoms with Crippen molar-refractivity contribution in [1.82, 2.24) is 19.0 Å². The summed E-state index contributed by atoms with van der Waals surface area (Å²) in [5.41, 5.74) is 0.621. The van der Waals surface area contributed by atoms with Gasteiger partial charge in [-0.3, -0.25) is 4.79 Å². The molecular weight excluding hydrogens is 387 g/mol. The minimum Gasteiger partial charge on any atom is -0.337 e. The van der Waals surface area contributed by atoms with Crippen LogP contribution in [0.5, 0.6) is 0 Å². The Labute approximate surface area is 157 Å². The van der Waals surface area contributed by atoms with E-state index in [-0.39, 0.29) is 19.0 Å². The van der Waals surface area contributed by atoms with Gasteiger partial charge in [0.15, 0.2) is 0 Å². The summed E-state index contributed by atoms with van der Waals surface area (Å²) < 4.78 is 25.5. The van der Waals surface area contributed by atoms with E-state index in [1.807, 2.05) is 0 Å². The number of carbonyl (C=O) groups excluding carboxylic acids is 1. The van der Waals surface area contributed by atoms with E-state index in [2.05, 4.69) is 10.9 Å². The number of nitrogens with one attached hydrogen (secondary N) is 1. The fourth-order valence-electron chi connectivity index (χ4n) is 2.30. The summed E-state index contributed by atoms with van der Waals surface area (Å²) in [6.07, 6.45) is 2.99. The van der Waals surface area contributed by atoms with E-state index in [1.54, 1.807) is 37.2 Å². The third-order valence-electron chi connectivity index (χ3n) is 3.51. The second kappa shape index (κ2) is 8.48. The predicted octanol–water partition coefficient (Wildman–Crippen LogP) is 1.26. The van der Waals surface area contributed by atoms with Crippen LogP contribution < -0.4 is 4.83 Å². The third kappa shape index (κ3) is 5.40. The van der Waals surface area contributed by atoms with Crippen LogP contribution in [0.2, 0.25) is 10.0 Å². The fraction of sp³-hybridized carbons (Fsp3) is 0.400. The molecule has 1 heterocycles. The molecule has 1 aliphatic rings. The summed E-state index contributed by atoms with van der Waals surface area (Å²) in [7, 11) is -0.384. The van der Waals surface area contributed by atoms with Crippen molar-refractivity contribution in [2.24, 2.45) is 0 Å². The van der Waals surface area contributed by atoms with E-state index < -0.39 is 10.2 Å². The lowest BCUT2D eigenvalue weighted by molar-refractivity contribution is -0.127. The lowest BCUT2D eigenvalue weighted by Crippen LogP contribution is -2.54. The molecule has 1 N–H and O–H groups in total. The Morgan fingerprint density at radius 1 is 1.28 bits per heavy atom. The zero-order valence-electron chi connectivity index (χ0n) is 13.9. The van der Waals surface area contributed by atoms with Crippen LogP contribution in [0.25, 0.3) is 6.08 Å². The van der Waals surface area contributed by atoms with Crippen LogP contribution in [0.15, 0.2) is 18.2 Å². The molecule has 0 saturated carbocycles. The van der Waals surface area contributed by atoms with E-state index >= 15 is 0 Å². The molecule has 1 radical (unpaired) electrons. The standard InChI is InChI=1S/C15H19Cl2N4O3S/c1-19(2)18-25(23,24)21-10-8-20(9-11-21)14(22)7-6-12-4-3-5-13(16)15(12)17/h3-4,6-7,18H,8-11H2,1-2H3/b7-6+. The Morgan fingerprint density at radius 2 is 1.92 bits per heavy atom. The lowest BCUT2D eigenvalue weighted by atomic mass is 10.2. The van der Waals surface area contributed by atoms with Gasteiger partial charge in [-0.25, -0.2) is 5.01 Å². The zero-order chi connectivity index (χ0) is 18.6. The van der Waals surface area contributed by atoms with Gasteiger partial charge >= 0.3 is 0 Å². The van der Waals surface area contributed by atoms with Crippen molar-refractivity contribution >= 4 is 45.4 Å². The molecule has 1 aromatic rings. The fourth-order valence-corrected chi connectivity index (χ4v) is 3.87. The molecule has 1 fully saturated rings. The van der Waals surface area contributed by atoms with Crippen LogP contribution in [0.3, 0.4) is 0 Å². The molecule has 0 atom stereocenters. The first kappa shape index (κ1) is 20.2. The van der Waals surface area contributed by atoms with Gasteiger partial charge in [-0.2, -0.15) is 12.7 Å². The number of piperazine rings is 1. The van der Waals surface area contributed by atoms with E-state index in [4.69, 9.17) is 23.2 Å². The van der Waals surface area contributed by atoms with Crippen LogP contribution in [0, 0.1) is 6.07 Å². The van der Waals surface area contributed by atoms with Crippen LogP contribution in [-0.4, -0.2) is 68.8 Å². The first-order valence-corrected chi connectivity index (χ1v) is 9.68. The highest BCUT2D eigenvalue weighted by atomic mass is 35.5. The number of hydrogen-bond acceptors (Lipinski definition) is 4. The average molecular weight is 406 g/mol. The molecule has 1 amide bonds. The number of benzene rings is 1. The number of hydrogen-bond donors (Lipinski definition) is 1. The highest BCUT2D eigenvalue weighted by molar-refractivity contribution is 7.87. The molecule has 137 valence electrons. The Morgan fingerprint density at radius 3 is 2.52 bits per heavy atom. The van der Waals surface area contributed by atoms with Gasteiger partial charge in [-0.05, 0) is 11.6 Å². The molecule has 1 aromatic carbocycles. The molecular formula is C15H19Cl2N4O3S. The molecule has 0 aliphatic carbocycles. The van der Waals surface area contributed by atoms with E-state index in [0.29, 0.717) is 28.7 Å². The van der Waals surface area contributed by atoms with Gasteiger partial charge in [-0.1, -0.05) is 35.3 Å². The third-order valence-corrected chi connectivity index (χ3v) is 5.96. The van der Waals surface area contributed by atoms with Gasteiger partial charge in [0.25, 0.3) is 10.2 Å². The summed E-state index contributed by atoms with van der Waals surface area (Å²) in [4.78, 5) is 16.2. The Kier molecular flexibility index (Phi) is 6.84. The maximum Gasteiger partial charge on any atom is 0.292 e. The number of nitrogens with zero attached hydrogens (tertiary/aromatic N) is 3. The molecule has 0 unspecified atom stereocenters. The molecule has 7 nitrogen and oxygen atoms in total. The predicted molar refractivity (Wildman–Crippen MR) is 98.2 cm³/mol. The quantitative estimate of drug-likeness (QED) is 0.591. The summed E-state index contributed by atoms with van der Waals surface area (Å²) in [5.74, 6) is -0.211. The van der Waals surface area contributed by atoms with Crippen molar-refractivity contribution < 1.29 is 13.2 Å².